The molecule has 1 unspecified atom stereocenters. The van der Waals surface area contributed by atoms with E-state index in [1.165, 1.54) is 48.2 Å². The summed E-state index contributed by atoms with van der Waals surface area (Å²) < 4.78 is 42.3. The molecule has 1 heterocycles. The molecule has 2 aromatic rings. The molecule has 1 aliphatic heterocycles. The number of amides is 3. The Labute approximate surface area is 199 Å². The number of nitrogens with one attached hydrogen (secondary N) is 2. The fraction of sp³-hybridized carbons (Fsp3) is 0.348. The Kier molecular flexibility index (Phi) is 8.03. The summed E-state index contributed by atoms with van der Waals surface area (Å²) in [5, 5.41) is 5.27. The van der Waals surface area contributed by atoms with Crippen LogP contribution < -0.4 is 15.4 Å². The fourth-order valence-corrected chi connectivity index (χ4v) is 4.03. The second-order valence-electron chi connectivity index (χ2n) is 7.74. The molecule has 1 fully saturated rings. The highest BCUT2D eigenvalue weighted by Gasteiger charge is 2.33. The van der Waals surface area contributed by atoms with Crippen molar-refractivity contribution < 1.29 is 32.3 Å². The Balaban J connectivity index is 1.76. The summed E-state index contributed by atoms with van der Waals surface area (Å²) in [6, 6.07) is 9.30. The van der Waals surface area contributed by atoms with Crippen molar-refractivity contribution in [3.8, 4) is 16.9 Å². The van der Waals surface area contributed by atoms with Crippen molar-refractivity contribution in [1.82, 2.24) is 10.2 Å². The molecule has 0 aliphatic carbocycles. The van der Waals surface area contributed by atoms with Crippen LogP contribution in [0.5, 0.6) is 5.75 Å². The monoisotopic (exact) mass is 497 g/mol. The Morgan fingerprint density at radius 3 is 2.53 bits per heavy atom. The summed E-state index contributed by atoms with van der Waals surface area (Å²) in [4.78, 5) is 37.9. The van der Waals surface area contributed by atoms with E-state index in [0.717, 1.165) is 12.8 Å². The van der Waals surface area contributed by atoms with E-state index >= 15 is 0 Å². The number of hydrogen-bond acceptors (Lipinski definition) is 4. The third kappa shape index (κ3) is 6.63. The second-order valence-corrected chi connectivity index (χ2v) is 8.14. The molecule has 1 atom stereocenters. The first-order chi connectivity index (χ1) is 16.0. The first-order valence-electron chi connectivity index (χ1n) is 10.5. The van der Waals surface area contributed by atoms with Gasteiger partial charge in [0, 0.05) is 30.3 Å². The first-order valence-corrected chi connectivity index (χ1v) is 10.9. The molecule has 0 spiro atoms. The predicted octanol–water partition coefficient (Wildman–Crippen LogP) is 4.36. The standard InChI is InChI=1S/C23H23ClF3N3O4/c1-14(31)28-13-21(32)30-11-5-4-7-19(30)22(33)29-15-9-10-16(18(24)12-15)17-6-2-3-8-20(17)34-23(25,26)27/h2-3,6,8-10,12,19H,4-5,7,11,13H2,1H3,(H,28,31)(H,29,33). The number of para-hydroxylation sites is 1. The van der Waals surface area contributed by atoms with Crippen molar-refractivity contribution in [2.24, 2.45) is 0 Å². The van der Waals surface area contributed by atoms with E-state index < -0.39 is 24.1 Å². The third-order valence-electron chi connectivity index (χ3n) is 5.25. The van der Waals surface area contributed by atoms with Gasteiger partial charge in [-0.1, -0.05) is 35.9 Å². The molecule has 0 bridgehead atoms. The van der Waals surface area contributed by atoms with Crippen molar-refractivity contribution >= 4 is 35.0 Å². The largest absolute Gasteiger partial charge is 0.573 e. The van der Waals surface area contributed by atoms with E-state index in [0.29, 0.717) is 24.2 Å². The lowest BCUT2D eigenvalue weighted by Crippen LogP contribution is -2.52. The number of piperidine rings is 1. The summed E-state index contributed by atoms with van der Waals surface area (Å²) in [7, 11) is 0. The van der Waals surface area contributed by atoms with E-state index in [-0.39, 0.29) is 28.9 Å². The number of nitrogens with zero attached hydrogens (tertiary/aromatic N) is 1. The van der Waals surface area contributed by atoms with Gasteiger partial charge in [-0.3, -0.25) is 14.4 Å². The van der Waals surface area contributed by atoms with Crippen molar-refractivity contribution in [2.75, 3.05) is 18.4 Å². The van der Waals surface area contributed by atoms with Crippen molar-refractivity contribution in [3.05, 3.63) is 47.5 Å². The minimum Gasteiger partial charge on any atom is -0.405 e. The van der Waals surface area contributed by atoms with Crippen LogP contribution in [0, 0.1) is 0 Å². The molecule has 11 heteroatoms. The van der Waals surface area contributed by atoms with E-state index in [1.54, 1.807) is 6.07 Å². The fourth-order valence-electron chi connectivity index (χ4n) is 3.74. The summed E-state index contributed by atoms with van der Waals surface area (Å²) >= 11 is 6.33. The van der Waals surface area contributed by atoms with Crippen LogP contribution in [0.2, 0.25) is 5.02 Å². The quantitative estimate of drug-likeness (QED) is 0.620. The van der Waals surface area contributed by atoms with Gasteiger partial charge in [-0.05, 0) is 37.5 Å². The number of alkyl halides is 3. The molecule has 34 heavy (non-hydrogen) atoms. The van der Waals surface area contributed by atoms with Gasteiger partial charge in [0.05, 0.1) is 11.6 Å². The number of carbonyl (C=O) groups excluding carboxylic acids is 3. The highest BCUT2D eigenvalue weighted by Crippen LogP contribution is 2.38. The molecule has 1 aliphatic rings. The SMILES string of the molecule is CC(=O)NCC(=O)N1CCCCC1C(=O)Nc1ccc(-c2ccccc2OC(F)(F)F)c(Cl)c1. The number of halogens is 4. The normalized spacial score (nSPS) is 16.0. The lowest BCUT2D eigenvalue weighted by atomic mass is 10.0. The van der Waals surface area contributed by atoms with Crippen molar-refractivity contribution in [2.45, 2.75) is 38.6 Å². The smallest absolute Gasteiger partial charge is 0.405 e. The molecule has 7 nitrogen and oxygen atoms in total. The Morgan fingerprint density at radius 1 is 1.12 bits per heavy atom. The van der Waals surface area contributed by atoms with Crippen LogP contribution in [0.3, 0.4) is 0 Å². The molecule has 1 saturated heterocycles. The first kappa shape index (κ1) is 25.4. The molecular weight excluding hydrogens is 475 g/mol. The van der Waals surface area contributed by atoms with E-state index in [4.69, 9.17) is 11.6 Å². The van der Waals surface area contributed by atoms with Crippen LogP contribution in [-0.2, 0) is 14.4 Å². The Morgan fingerprint density at radius 2 is 1.85 bits per heavy atom. The van der Waals surface area contributed by atoms with Crippen LogP contribution in [-0.4, -0.2) is 48.1 Å². The Hall–Kier alpha value is -3.27. The average molecular weight is 498 g/mol. The maximum absolute atomic E-state index is 12.9. The zero-order valence-electron chi connectivity index (χ0n) is 18.2. The lowest BCUT2D eigenvalue weighted by molar-refractivity contribution is -0.274. The maximum atomic E-state index is 12.9. The van der Waals surface area contributed by atoms with Crippen LogP contribution in [0.4, 0.5) is 18.9 Å². The van der Waals surface area contributed by atoms with Gasteiger partial charge in [0.15, 0.2) is 0 Å². The average Bonchev–Trinajstić information content (AvgIpc) is 2.77. The van der Waals surface area contributed by atoms with Gasteiger partial charge in [-0.2, -0.15) is 0 Å². The molecule has 182 valence electrons. The summed E-state index contributed by atoms with van der Waals surface area (Å²) in [6.07, 6.45) is -2.89. The number of hydrogen-bond donors (Lipinski definition) is 2. The van der Waals surface area contributed by atoms with E-state index in [9.17, 15) is 27.6 Å². The molecule has 0 aromatic heterocycles. The van der Waals surface area contributed by atoms with Crippen LogP contribution in [0.1, 0.15) is 26.2 Å². The molecule has 3 amide bonds. The minimum atomic E-state index is -4.86. The molecule has 2 N–H and O–H groups in total. The summed E-state index contributed by atoms with van der Waals surface area (Å²) in [6.45, 7) is 1.50. The highest BCUT2D eigenvalue weighted by atomic mass is 35.5. The molecule has 3 rings (SSSR count). The Bertz CT molecular complexity index is 1080. The van der Waals surface area contributed by atoms with Gasteiger partial charge < -0.3 is 20.3 Å². The second kappa shape index (κ2) is 10.8. The summed E-state index contributed by atoms with van der Waals surface area (Å²) in [5.74, 6) is -1.52. The minimum absolute atomic E-state index is 0.109. The molecule has 0 radical (unpaired) electrons. The van der Waals surface area contributed by atoms with Gasteiger partial charge in [0.25, 0.3) is 0 Å². The van der Waals surface area contributed by atoms with E-state index in [1.807, 2.05) is 0 Å². The van der Waals surface area contributed by atoms with Crippen LogP contribution in [0.15, 0.2) is 42.5 Å². The topological polar surface area (TPSA) is 87.7 Å². The zero-order chi connectivity index (χ0) is 24.9. The number of ether oxygens (including phenoxy) is 1. The zero-order valence-corrected chi connectivity index (χ0v) is 19.0. The van der Waals surface area contributed by atoms with Crippen LogP contribution >= 0.6 is 11.6 Å². The van der Waals surface area contributed by atoms with Gasteiger partial charge in [0.1, 0.15) is 11.8 Å². The maximum Gasteiger partial charge on any atom is 0.573 e. The number of carbonyl (C=O) groups is 3. The predicted molar refractivity (Wildman–Crippen MR) is 120 cm³/mol. The molecule has 2 aromatic carbocycles. The van der Waals surface area contributed by atoms with Gasteiger partial charge in [-0.15, -0.1) is 13.2 Å². The number of rotatable bonds is 6. The van der Waals surface area contributed by atoms with Crippen molar-refractivity contribution in [3.63, 3.8) is 0 Å². The summed E-state index contributed by atoms with van der Waals surface area (Å²) in [5.41, 5.74) is 0.766. The molecular formula is C23H23ClF3N3O4. The molecule has 0 saturated carbocycles. The number of anilines is 1. The van der Waals surface area contributed by atoms with Gasteiger partial charge in [0.2, 0.25) is 17.7 Å². The number of benzene rings is 2. The third-order valence-corrected chi connectivity index (χ3v) is 5.57. The number of likely N-dealkylation sites (tertiary alicyclic amines) is 1. The van der Waals surface area contributed by atoms with Gasteiger partial charge >= 0.3 is 6.36 Å². The highest BCUT2D eigenvalue weighted by molar-refractivity contribution is 6.33. The van der Waals surface area contributed by atoms with Crippen LogP contribution in [0.25, 0.3) is 11.1 Å². The lowest BCUT2D eigenvalue weighted by Gasteiger charge is -2.34. The van der Waals surface area contributed by atoms with Gasteiger partial charge in [-0.25, -0.2) is 0 Å². The van der Waals surface area contributed by atoms with E-state index in [2.05, 4.69) is 15.4 Å². The van der Waals surface area contributed by atoms with Crippen molar-refractivity contribution in [1.29, 1.82) is 0 Å².